The van der Waals surface area contributed by atoms with Crippen molar-refractivity contribution in [2.45, 2.75) is 24.7 Å². The van der Waals surface area contributed by atoms with Crippen LogP contribution in [0.15, 0.2) is 91.0 Å². The van der Waals surface area contributed by atoms with Gasteiger partial charge in [0.2, 0.25) is 0 Å². The van der Waals surface area contributed by atoms with Crippen LogP contribution in [0.5, 0.6) is 0 Å². The molecular weight excluding hydrogens is 336 g/mol. The summed E-state index contributed by atoms with van der Waals surface area (Å²) in [7, 11) is 0. The van der Waals surface area contributed by atoms with Crippen LogP contribution in [0.25, 0.3) is 28.0 Å². The third kappa shape index (κ3) is 2.31. The van der Waals surface area contributed by atoms with Crippen LogP contribution in [0, 0.1) is 0 Å². The second-order valence-corrected chi connectivity index (χ2v) is 8.06. The van der Waals surface area contributed by atoms with Crippen LogP contribution in [0.3, 0.4) is 0 Å². The molecule has 2 unspecified atom stereocenters. The summed E-state index contributed by atoms with van der Waals surface area (Å²) < 4.78 is 0. The second kappa shape index (κ2) is 6.21. The highest BCUT2D eigenvalue weighted by atomic mass is 14.3. The van der Waals surface area contributed by atoms with Crippen molar-refractivity contribution in [3.8, 4) is 11.1 Å². The van der Waals surface area contributed by atoms with Gasteiger partial charge in [-0.05, 0) is 57.0 Å². The van der Waals surface area contributed by atoms with Crippen molar-refractivity contribution >= 4 is 16.8 Å². The minimum atomic E-state index is 0.497. The molecule has 0 saturated heterocycles. The lowest BCUT2D eigenvalue weighted by molar-refractivity contribution is 0.634. The van der Waals surface area contributed by atoms with E-state index in [1.54, 1.807) is 0 Å². The van der Waals surface area contributed by atoms with E-state index < -0.39 is 0 Å². The second-order valence-electron chi connectivity index (χ2n) is 8.06. The fourth-order valence-electron chi connectivity index (χ4n) is 5.31. The Labute approximate surface area is 166 Å². The lowest BCUT2D eigenvalue weighted by Gasteiger charge is -2.17. The average molecular weight is 358 g/mol. The molecule has 0 fully saturated rings. The van der Waals surface area contributed by atoms with E-state index in [-0.39, 0.29) is 0 Å². The van der Waals surface area contributed by atoms with Gasteiger partial charge in [0.05, 0.1) is 0 Å². The Kier molecular flexibility index (Phi) is 3.52. The van der Waals surface area contributed by atoms with Gasteiger partial charge in [0.1, 0.15) is 0 Å². The zero-order chi connectivity index (χ0) is 18.5. The molecular formula is C28H22. The summed E-state index contributed by atoms with van der Waals surface area (Å²) in [5, 5.41) is 2.73. The fraction of sp³-hybridized carbons (Fsp3) is 0.143. The van der Waals surface area contributed by atoms with Gasteiger partial charge in [0.25, 0.3) is 0 Å². The molecule has 0 heteroatoms. The Bertz CT molecular complexity index is 1230. The van der Waals surface area contributed by atoms with Gasteiger partial charge in [0, 0.05) is 11.8 Å². The first-order valence-electron chi connectivity index (χ1n) is 10.3. The fourth-order valence-corrected chi connectivity index (χ4v) is 5.31. The molecule has 0 spiro atoms. The van der Waals surface area contributed by atoms with Crippen LogP contribution >= 0.6 is 0 Å². The molecule has 0 amide bonds. The maximum atomic E-state index is 2.40. The van der Waals surface area contributed by atoms with Crippen molar-refractivity contribution in [3.05, 3.63) is 113 Å². The van der Waals surface area contributed by atoms with Gasteiger partial charge in [0.15, 0.2) is 0 Å². The highest BCUT2D eigenvalue weighted by Gasteiger charge is 2.30. The Morgan fingerprint density at radius 3 is 2.36 bits per heavy atom. The average Bonchev–Trinajstić information content (AvgIpc) is 3.31. The molecule has 134 valence electrons. The highest BCUT2D eigenvalue weighted by Crippen LogP contribution is 2.50. The Morgan fingerprint density at radius 1 is 0.607 bits per heavy atom. The van der Waals surface area contributed by atoms with E-state index in [1.807, 2.05) is 0 Å². The number of rotatable bonds is 3. The normalized spacial score (nSPS) is 18.9. The smallest absolute Gasteiger partial charge is 0.0102 e. The van der Waals surface area contributed by atoms with Crippen LogP contribution in [0.2, 0.25) is 0 Å². The summed E-state index contributed by atoms with van der Waals surface area (Å²) >= 11 is 0. The molecule has 0 saturated carbocycles. The van der Waals surface area contributed by atoms with Crippen LogP contribution < -0.4 is 0 Å². The van der Waals surface area contributed by atoms with Gasteiger partial charge in [-0.15, -0.1) is 0 Å². The number of hydrogen-bond acceptors (Lipinski definition) is 0. The van der Waals surface area contributed by atoms with Crippen molar-refractivity contribution in [2.75, 3.05) is 0 Å². The van der Waals surface area contributed by atoms with Gasteiger partial charge in [-0.3, -0.25) is 0 Å². The molecule has 4 aromatic carbocycles. The van der Waals surface area contributed by atoms with Crippen molar-refractivity contribution in [2.24, 2.45) is 0 Å². The minimum absolute atomic E-state index is 0.497. The minimum Gasteiger partial charge on any atom is -0.0764 e. The summed E-state index contributed by atoms with van der Waals surface area (Å²) in [6.45, 7) is 0. The van der Waals surface area contributed by atoms with Crippen molar-refractivity contribution in [1.29, 1.82) is 0 Å². The van der Waals surface area contributed by atoms with E-state index in [1.165, 1.54) is 57.0 Å². The Balaban J connectivity index is 1.41. The van der Waals surface area contributed by atoms with Crippen LogP contribution in [-0.4, -0.2) is 0 Å². The molecule has 0 aromatic heterocycles. The molecule has 2 atom stereocenters. The number of hydrogen-bond donors (Lipinski definition) is 0. The molecule has 28 heavy (non-hydrogen) atoms. The molecule has 2 aliphatic rings. The highest BCUT2D eigenvalue weighted by molar-refractivity contribution is 6.01. The van der Waals surface area contributed by atoms with E-state index >= 15 is 0 Å². The monoisotopic (exact) mass is 358 g/mol. The van der Waals surface area contributed by atoms with E-state index in [0.29, 0.717) is 11.8 Å². The maximum absolute atomic E-state index is 2.40. The van der Waals surface area contributed by atoms with Crippen molar-refractivity contribution in [3.63, 3.8) is 0 Å². The molecule has 2 aliphatic carbocycles. The lowest BCUT2D eigenvalue weighted by Crippen LogP contribution is -2.01. The summed E-state index contributed by atoms with van der Waals surface area (Å²) in [5.74, 6) is 1.05. The maximum Gasteiger partial charge on any atom is 0.0102 e. The van der Waals surface area contributed by atoms with E-state index in [2.05, 4.69) is 97.1 Å². The van der Waals surface area contributed by atoms with E-state index in [0.717, 1.165) is 0 Å². The van der Waals surface area contributed by atoms with Crippen LogP contribution in [0.4, 0.5) is 0 Å². The molecule has 0 bridgehead atoms. The van der Waals surface area contributed by atoms with Gasteiger partial charge in [-0.25, -0.2) is 0 Å². The molecule has 0 heterocycles. The summed E-state index contributed by atoms with van der Waals surface area (Å²) in [6, 6.07) is 31.4. The molecule has 0 aliphatic heterocycles. The quantitative estimate of drug-likeness (QED) is 0.355. The predicted molar refractivity (Wildman–Crippen MR) is 119 cm³/mol. The first-order chi connectivity index (χ1) is 13.9. The summed E-state index contributed by atoms with van der Waals surface area (Å²) in [6.07, 6.45) is 7.07. The van der Waals surface area contributed by atoms with E-state index in [9.17, 15) is 0 Å². The van der Waals surface area contributed by atoms with Gasteiger partial charge < -0.3 is 0 Å². The topological polar surface area (TPSA) is 0 Å². The summed E-state index contributed by atoms with van der Waals surface area (Å²) in [4.78, 5) is 0. The van der Waals surface area contributed by atoms with Crippen LogP contribution in [-0.2, 0) is 0 Å². The first-order valence-corrected chi connectivity index (χ1v) is 10.3. The third-order valence-corrected chi connectivity index (χ3v) is 6.61. The van der Waals surface area contributed by atoms with Gasteiger partial charge >= 0.3 is 0 Å². The van der Waals surface area contributed by atoms with Crippen molar-refractivity contribution in [1.82, 2.24) is 0 Å². The zero-order valence-electron chi connectivity index (χ0n) is 15.8. The SMILES string of the molecule is C1=CC(CCC2c3ccccc3-c3c2ccc2ccccc32)c2ccccc21. The molecule has 0 N–H and O–H groups in total. The standard InChI is InChI=1S/C28H22/c1-3-9-22-19(7-1)13-14-21(22)15-17-25-24-11-5-6-12-26(24)28-23-10-4-2-8-20(23)16-18-27(25)28/h1-14,16,18,21,25H,15,17H2. The van der Waals surface area contributed by atoms with Gasteiger partial charge in [-0.1, -0.05) is 97.1 Å². The first kappa shape index (κ1) is 15.9. The molecule has 4 aromatic rings. The Hall–Kier alpha value is -3.12. The third-order valence-electron chi connectivity index (χ3n) is 6.61. The van der Waals surface area contributed by atoms with Crippen LogP contribution in [0.1, 0.15) is 46.9 Å². The number of fused-ring (bicyclic) bond motifs is 6. The van der Waals surface area contributed by atoms with Gasteiger partial charge in [-0.2, -0.15) is 0 Å². The number of allylic oxidation sites excluding steroid dienone is 1. The molecule has 6 rings (SSSR count). The molecule has 0 nitrogen and oxygen atoms in total. The largest absolute Gasteiger partial charge is 0.0764 e. The lowest BCUT2D eigenvalue weighted by atomic mass is 9.86. The zero-order valence-corrected chi connectivity index (χ0v) is 15.8. The summed E-state index contributed by atoms with van der Waals surface area (Å²) in [5.41, 5.74) is 8.79. The predicted octanol–water partition coefficient (Wildman–Crippen LogP) is 7.54. The van der Waals surface area contributed by atoms with Crippen molar-refractivity contribution < 1.29 is 0 Å². The number of benzene rings is 4. The Morgan fingerprint density at radius 2 is 1.39 bits per heavy atom. The van der Waals surface area contributed by atoms with E-state index in [4.69, 9.17) is 0 Å². The molecule has 0 radical (unpaired) electrons.